The Kier molecular flexibility index (Phi) is 6.86. The lowest BCUT2D eigenvalue weighted by Crippen LogP contribution is -2.30. The van der Waals surface area contributed by atoms with Gasteiger partial charge in [-0.3, -0.25) is 4.79 Å². The molecule has 0 fully saturated rings. The maximum atomic E-state index is 12.4. The smallest absolute Gasteiger partial charge is 0.255 e. The average Bonchev–Trinajstić information content (AvgIpc) is 2.69. The first-order valence-electron chi connectivity index (χ1n) is 9.06. The van der Waals surface area contributed by atoms with Crippen molar-refractivity contribution in [2.75, 3.05) is 5.32 Å². The summed E-state index contributed by atoms with van der Waals surface area (Å²) in [5.41, 5.74) is 0.813. The van der Waals surface area contributed by atoms with Crippen molar-refractivity contribution in [1.29, 1.82) is 0 Å². The van der Waals surface area contributed by atoms with Gasteiger partial charge in [-0.1, -0.05) is 22.0 Å². The number of halogens is 1. The van der Waals surface area contributed by atoms with E-state index in [1.54, 1.807) is 26.0 Å². The van der Waals surface area contributed by atoms with E-state index in [4.69, 9.17) is 4.74 Å². The number of carbonyl (C=O) groups is 1. The SMILES string of the molecule is CC(C)NS(=O)(=O)c1ccc(C(=O)Nc2ccc(Oc3cccc(Br)c3)nc2)cc1. The fourth-order valence-electron chi connectivity index (χ4n) is 2.53. The van der Waals surface area contributed by atoms with Gasteiger partial charge in [-0.25, -0.2) is 18.1 Å². The third-order valence-electron chi connectivity index (χ3n) is 3.83. The number of hydrogen-bond acceptors (Lipinski definition) is 5. The minimum absolute atomic E-state index is 0.100. The number of ether oxygens (including phenoxy) is 1. The second kappa shape index (κ2) is 9.38. The highest BCUT2D eigenvalue weighted by Crippen LogP contribution is 2.23. The molecular weight excluding hydrogens is 470 g/mol. The standard InChI is InChI=1S/C21H20BrN3O4S/c1-14(2)25-30(27,28)19-9-6-15(7-10-19)21(26)24-17-8-11-20(23-13-17)29-18-5-3-4-16(22)12-18/h3-14,25H,1-2H3,(H,24,26). The number of aromatic nitrogens is 1. The Morgan fingerprint density at radius 1 is 1.07 bits per heavy atom. The van der Waals surface area contributed by atoms with Gasteiger partial charge in [0.1, 0.15) is 5.75 Å². The molecule has 0 aliphatic rings. The minimum atomic E-state index is -3.60. The van der Waals surface area contributed by atoms with E-state index in [0.29, 0.717) is 22.9 Å². The van der Waals surface area contributed by atoms with Gasteiger partial charge in [-0.15, -0.1) is 0 Å². The summed E-state index contributed by atoms with van der Waals surface area (Å²) in [5, 5.41) is 2.72. The van der Waals surface area contributed by atoms with E-state index in [2.05, 4.69) is 31.0 Å². The maximum Gasteiger partial charge on any atom is 0.255 e. The number of amides is 1. The molecule has 0 aliphatic carbocycles. The number of sulfonamides is 1. The van der Waals surface area contributed by atoms with Crippen LogP contribution in [0.2, 0.25) is 0 Å². The molecule has 0 aliphatic heterocycles. The van der Waals surface area contributed by atoms with Gasteiger partial charge in [0.15, 0.2) is 0 Å². The van der Waals surface area contributed by atoms with Crippen molar-refractivity contribution in [3.63, 3.8) is 0 Å². The van der Waals surface area contributed by atoms with Crippen LogP contribution in [0, 0.1) is 0 Å². The van der Waals surface area contributed by atoms with Crippen LogP contribution in [0.3, 0.4) is 0 Å². The molecule has 9 heteroatoms. The van der Waals surface area contributed by atoms with Crippen LogP contribution < -0.4 is 14.8 Å². The molecule has 3 rings (SSSR count). The van der Waals surface area contributed by atoms with Crippen molar-refractivity contribution >= 4 is 37.5 Å². The Morgan fingerprint density at radius 2 is 1.80 bits per heavy atom. The predicted molar refractivity (Wildman–Crippen MR) is 118 cm³/mol. The average molecular weight is 490 g/mol. The first-order chi connectivity index (χ1) is 14.2. The number of pyridine rings is 1. The van der Waals surface area contributed by atoms with Crippen molar-refractivity contribution in [2.45, 2.75) is 24.8 Å². The zero-order valence-corrected chi connectivity index (χ0v) is 18.7. The van der Waals surface area contributed by atoms with Crippen LogP contribution in [0.1, 0.15) is 24.2 Å². The number of nitrogens with zero attached hydrogens (tertiary/aromatic N) is 1. The van der Waals surface area contributed by atoms with E-state index >= 15 is 0 Å². The molecule has 156 valence electrons. The molecule has 2 N–H and O–H groups in total. The number of carbonyl (C=O) groups excluding carboxylic acids is 1. The van der Waals surface area contributed by atoms with Gasteiger partial charge in [0.2, 0.25) is 15.9 Å². The fraction of sp³-hybridized carbons (Fsp3) is 0.143. The Hall–Kier alpha value is -2.75. The Balaban J connectivity index is 1.64. The van der Waals surface area contributed by atoms with E-state index in [1.165, 1.54) is 30.5 Å². The Bertz CT molecular complexity index is 1130. The van der Waals surface area contributed by atoms with Crippen molar-refractivity contribution < 1.29 is 17.9 Å². The molecule has 0 saturated heterocycles. The number of hydrogen-bond donors (Lipinski definition) is 2. The van der Waals surface area contributed by atoms with Gasteiger partial charge < -0.3 is 10.1 Å². The summed E-state index contributed by atoms with van der Waals surface area (Å²) in [6, 6.07) is 16.2. The lowest BCUT2D eigenvalue weighted by Gasteiger charge is -2.10. The first-order valence-corrected chi connectivity index (χ1v) is 11.3. The van der Waals surface area contributed by atoms with Gasteiger partial charge >= 0.3 is 0 Å². The first kappa shape index (κ1) is 21.9. The maximum absolute atomic E-state index is 12.4. The third-order valence-corrected chi connectivity index (χ3v) is 6.00. The van der Waals surface area contributed by atoms with Crippen molar-refractivity contribution in [2.24, 2.45) is 0 Å². The second-order valence-corrected chi connectivity index (χ2v) is 9.33. The molecule has 0 bridgehead atoms. The highest BCUT2D eigenvalue weighted by molar-refractivity contribution is 9.10. The zero-order chi connectivity index (χ0) is 21.7. The number of anilines is 1. The van der Waals surface area contributed by atoms with Crippen LogP contribution in [0.25, 0.3) is 0 Å². The van der Waals surface area contributed by atoms with Gasteiger partial charge in [-0.2, -0.15) is 0 Å². The van der Waals surface area contributed by atoms with Crippen LogP contribution in [0.5, 0.6) is 11.6 Å². The molecule has 2 aromatic carbocycles. The lowest BCUT2D eigenvalue weighted by atomic mass is 10.2. The molecule has 0 atom stereocenters. The van der Waals surface area contributed by atoms with E-state index in [-0.39, 0.29) is 16.8 Å². The summed E-state index contributed by atoms with van der Waals surface area (Å²) in [4.78, 5) is 16.7. The third kappa shape index (κ3) is 5.88. The molecule has 3 aromatic rings. The van der Waals surface area contributed by atoms with Crippen LogP contribution in [-0.2, 0) is 10.0 Å². The van der Waals surface area contributed by atoms with Crippen LogP contribution in [-0.4, -0.2) is 25.4 Å². The molecule has 30 heavy (non-hydrogen) atoms. The highest BCUT2D eigenvalue weighted by Gasteiger charge is 2.16. The molecule has 1 heterocycles. The Labute approximate surface area is 183 Å². The van der Waals surface area contributed by atoms with E-state index < -0.39 is 10.0 Å². The van der Waals surface area contributed by atoms with Gasteiger partial charge in [-0.05, 0) is 62.4 Å². The molecule has 1 aromatic heterocycles. The van der Waals surface area contributed by atoms with Crippen molar-refractivity contribution in [3.8, 4) is 11.6 Å². The van der Waals surface area contributed by atoms with Gasteiger partial charge in [0.25, 0.3) is 5.91 Å². The van der Waals surface area contributed by atoms with Crippen molar-refractivity contribution in [3.05, 3.63) is 76.9 Å². The van der Waals surface area contributed by atoms with E-state index in [1.807, 2.05) is 24.3 Å². The molecule has 7 nitrogen and oxygen atoms in total. The molecule has 1 amide bonds. The summed E-state index contributed by atoms with van der Waals surface area (Å²) in [6.07, 6.45) is 1.48. The van der Waals surface area contributed by atoms with Crippen LogP contribution in [0.4, 0.5) is 5.69 Å². The van der Waals surface area contributed by atoms with E-state index in [9.17, 15) is 13.2 Å². The highest BCUT2D eigenvalue weighted by atomic mass is 79.9. The summed E-state index contributed by atoms with van der Waals surface area (Å²) in [7, 11) is -3.60. The largest absolute Gasteiger partial charge is 0.439 e. The quantitative estimate of drug-likeness (QED) is 0.506. The number of benzene rings is 2. The number of nitrogens with one attached hydrogen (secondary N) is 2. The monoisotopic (exact) mass is 489 g/mol. The zero-order valence-electron chi connectivity index (χ0n) is 16.3. The molecule has 0 spiro atoms. The van der Waals surface area contributed by atoms with E-state index in [0.717, 1.165) is 4.47 Å². The molecule has 0 radical (unpaired) electrons. The second-order valence-electron chi connectivity index (χ2n) is 6.70. The van der Waals surface area contributed by atoms with Gasteiger partial charge in [0, 0.05) is 22.1 Å². The molecular formula is C21H20BrN3O4S. The summed E-state index contributed by atoms with van der Waals surface area (Å²) in [5.74, 6) is 0.646. The van der Waals surface area contributed by atoms with Crippen LogP contribution in [0.15, 0.2) is 76.2 Å². The molecule has 0 saturated carbocycles. The van der Waals surface area contributed by atoms with Gasteiger partial charge in [0.05, 0.1) is 16.8 Å². The fourth-order valence-corrected chi connectivity index (χ4v) is 4.16. The lowest BCUT2D eigenvalue weighted by molar-refractivity contribution is 0.102. The summed E-state index contributed by atoms with van der Waals surface area (Å²) < 4.78 is 33.4. The minimum Gasteiger partial charge on any atom is -0.439 e. The number of rotatable bonds is 7. The summed E-state index contributed by atoms with van der Waals surface area (Å²) >= 11 is 3.38. The van der Waals surface area contributed by atoms with Crippen LogP contribution >= 0.6 is 15.9 Å². The predicted octanol–water partition coefficient (Wildman–Crippen LogP) is 4.58. The molecule has 0 unspecified atom stereocenters. The Morgan fingerprint density at radius 3 is 2.40 bits per heavy atom. The normalized spacial score (nSPS) is 11.3. The summed E-state index contributed by atoms with van der Waals surface area (Å²) in [6.45, 7) is 3.48. The topological polar surface area (TPSA) is 97.4 Å². The van der Waals surface area contributed by atoms with Crippen molar-refractivity contribution in [1.82, 2.24) is 9.71 Å².